The van der Waals surface area contributed by atoms with E-state index in [1.54, 1.807) is 26.0 Å². The van der Waals surface area contributed by atoms with Crippen molar-refractivity contribution in [2.75, 3.05) is 5.32 Å². The summed E-state index contributed by atoms with van der Waals surface area (Å²) in [5, 5.41) is 2.69. The Balaban J connectivity index is 2.04. The molecule has 0 aromatic heterocycles. The molecule has 0 saturated heterocycles. The van der Waals surface area contributed by atoms with Gasteiger partial charge in [-0.25, -0.2) is 13.6 Å². The molecule has 1 N–H and O–H groups in total. The number of hydrogen-bond acceptors (Lipinski definition) is 4. The minimum Gasteiger partial charge on any atom is -0.451 e. The summed E-state index contributed by atoms with van der Waals surface area (Å²) in [5.41, 5.74) is 0.337. The largest absolute Gasteiger partial charge is 0.451 e. The Morgan fingerprint density at radius 3 is 2.15 bits per heavy atom. The number of carbonyl (C=O) groups excluding carboxylic acids is 3. The van der Waals surface area contributed by atoms with Crippen molar-refractivity contribution in [1.82, 2.24) is 0 Å². The Hall–Kier alpha value is -3.09. The molecule has 2 rings (SSSR count). The molecule has 0 fully saturated rings. The first-order chi connectivity index (χ1) is 12.7. The molecular formula is C20H19F2NO4. The van der Waals surface area contributed by atoms with Gasteiger partial charge in [0, 0.05) is 23.2 Å². The number of Topliss-reactive ketones (excluding diaryl/α,β-unsaturated/α-hetero) is 1. The highest BCUT2D eigenvalue weighted by atomic mass is 19.1. The fourth-order valence-corrected chi connectivity index (χ4v) is 2.17. The van der Waals surface area contributed by atoms with Crippen LogP contribution in [0.2, 0.25) is 0 Å². The lowest BCUT2D eigenvalue weighted by Crippen LogP contribution is -2.25. The van der Waals surface area contributed by atoms with Crippen molar-refractivity contribution >= 4 is 23.3 Å². The smallest absolute Gasteiger partial charge is 0.341 e. The third kappa shape index (κ3) is 5.20. The Kier molecular flexibility index (Phi) is 6.39. The molecule has 1 amide bonds. The molecule has 7 heteroatoms. The zero-order chi connectivity index (χ0) is 20.1. The van der Waals surface area contributed by atoms with Crippen LogP contribution in [-0.4, -0.2) is 23.8 Å². The summed E-state index contributed by atoms with van der Waals surface area (Å²) in [6.45, 7) is 4.87. The van der Waals surface area contributed by atoms with Crippen molar-refractivity contribution in [1.29, 1.82) is 0 Å². The monoisotopic (exact) mass is 375 g/mol. The fraction of sp³-hybridized carbons (Fsp3) is 0.250. The van der Waals surface area contributed by atoms with Gasteiger partial charge in [0.05, 0.1) is 5.56 Å². The first-order valence-corrected chi connectivity index (χ1v) is 8.30. The maximum Gasteiger partial charge on any atom is 0.341 e. The standard InChI is InChI=1S/C20H19F2NO4/c1-11(2)19(25)23-15-7-4-13(5-8-15)18(24)12(3)27-20(26)16-9-6-14(21)10-17(16)22/h4-12H,1-3H3,(H,23,25). The predicted molar refractivity (Wildman–Crippen MR) is 95.5 cm³/mol. The van der Waals surface area contributed by atoms with Crippen LogP contribution in [0.15, 0.2) is 42.5 Å². The van der Waals surface area contributed by atoms with Crippen LogP contribution in [0, 0.1) is 17.6 Å². The van der Waals surface area contributed by atoms with Crippen molar-refractivity contribution in [2.24, 2.45) is 5.92 Å². The quantitative estimate of drug-likeness (QED) is 0.612. The second-order valence-corrected chi connectivity index (χ2v) is 6.26. The molecule has 142 valence electrons. The SMILES string of the molecule is CC(C)C(=O)Nc1ccc(C(=O)C(C)OC(=O)c2ccc(F)cc2F)cc1. The normalized spacial score (nSPS) is 11.8. The minimum absolute atomic E-state index is 0.155. The number of anilines is 1. The van der Waals surface area contributed by atoms with Crippen LogP contribution in [0.25, 0.3) is 0 Å². The van der Waals surface area contributed by atoms with Crippen molar-refractivity contribution < 1.29 is 27.9 Å². The first-order valence-electron chi connectivity index (χ1n) is 8.30. The van der Waals surface area contributed by atoms with Crippen LogP contribution in [-0.2, 0) is 9.53 Å². The lowest BCUT2D eigenvalue weighted by molar-refractivity contribution is -0.118. The van der Waals surface area contributed by atoms with Gasteiger partial charge in [-0.2, -0.15) is 0 Å². The van der Waals surface area contributed by atoms with Gasteiger partial charge in [0.2, 0.25) is 11.7 Å². The zero-order valence-corrected chi connectivity index (χ0v) is 15.1. The molecule has 1 unspecified atom stereocenters. The van der Waals surface area contributed by atoms with E-state index < -0.39 is 35.1 Å². The number of ether oxygens (including phenoxy) is 1. The van der Waals surface area contributed by atoms with Gasteiger partial charge in [0.15, 0.2) is 6.10 Å². The van der Waals surface area contributed by atoms with E-state index in [0.717, 1.165) is 12.1 Å². The summed E-state index contributed by atoms with van der Waals surface area (Å²) in [7, 11) is 0. The van der Waals surface area contributed by atoms with Crippen molar-refractivity contribution in [3.05, 3.63) is 65.2 Å². The molecule has 2 aromatic rings. The number of ketones is 1. The molecule has 0 aliphatic heterocycles. The lowest BCUT2D eigenvalue weighted by atomic mass is 10.1. The molecule has 0 bridgehead atoms. The number of hydrogen-bond donors (Lipinski definition) is 1. The van der Waals surface area contributed by atoms with Gasteiger partial charge in [0.25, 0.3) is 0 Å². The number of benzene rings is 2. The molecule has 2 aromatic carbocycles. The van der Waals surface area contributed by atoms with E-state index in [9.17, 15) is 23.2 Å². The number of esters is 1. The highest BCUT2D eigenvalue weighted by Gasteiger charge is 2.22. The summed E-state index contributed by atoms with van der Waals surface area (Å²) in [6.07, 6.45) is -1.17. The third-order valence-electron chi connectivity index (χ3n) is 3.77. The van der Waals surface area contributed by atoms with E-state index >= 15 is 0 Å². The van der Waals surface area contributed by atoms with E-state index in [-0.39, 0.29) is 17.4 Å². The molecule has 0 aliphatic carbocycles. The highest BCUT2D eigenvalue weighted by Crippen LogP contribution is 2.16. The van der Waals surface area contributed by atoms with Crippen LogP contribution in [0.3, 0.4) is 0 Å². The van der Waals surface area contributed by atoms with Gasteiger partial charge < -0.3 is 10.1 Å². The molecule has 0 aliphatic rings. The maximum absolute atomic E-state index is 13.6. The van der Waals surface area contributed by atoms with Gasteiger partial charge in [-0.1, -0.05) is 13.8 Å². The van der Waals surface area contributed by atoms with E-state index in [0.29, 0.717) is 11.8 Å². The average Bonchev–Trinajstić information content (AvgIpc) is 2.61. The molecule has 0 radical (unpaired) electrons. The van der Waals surface area contributed by atoms with Crippen LogP contribution in [0.4, 0.5) is 14.5 Å². The minimum atomic E-state index is -1.17. The Labute approximate surface area is 155 Å². The van der Waals surface area contributed by atoms with Crippen LogP contribution >= 0.6 is 0 Å². The van der Waals surface area contributed by atoms with Crippen LogP contribution < -0.4 is 5.32 Å². The fourth-order valence-electron chi connectivity index (χ4n) is 2.17. The Morgan fingerprint density at radius 1 is 0.963 bits per heavy atom. The number of halogens is 2. The summed E-state index contributed by atoms with van der Waals surface area (Å²) in [6, 6.07) is 8.53. The number of carbonyl (C=O) groups is 3. The Bertz CT molecular complexity index is 863. The summed E-state index contributed by atoms with van der Waals surface area (Å²) >= 11 is 0. The van der Waals surface area contributed by atoms with E-state index in [4.69, 9.17) is 4.74 Å². The Morgan fingerprint density at radius 2 is 1.59 bits per heavy atom. The second kappa shape index (κ2) is 8.53. The van der Waals surface area contributed by atoms with Gasteiger partial charge in [-0.3, -0.25) is 9.59 Å². The molecule has 27 heavy (non-hydrogen) atoms. The molecular weight excluding hydrogens is 356 g/mol. The molecule has 1 atom stereocenters. The van der Waals surface area contributed by atoms with Crippen LogP contribution in [0.1, 0.15) is 41.5 Å². The van der Waals surface area contributed by atoms with Gasteiger partial charge in [0.1, 0.15) is 11.6 Å². The van der Waals surface area contributed by atoms with Crippen molar-refractivity contribution in [2.45, 2.75) is 26.9 Å². The van der Waals surface area contributed by atoms with Gasteiger partial charge in [-0.05, 0) is 43.3 Å². The highest BCUT2D eigenvalue weighted by molar-refractivity contribution is 6.02. The number of nitrogens with one attached hydrogen (secondary N) is 1. The second-order valence-electron chi connectivity index (χ2n) is 6.26. The van der Waals surface area contributed by atoms with Gasteiger partial charge in [-0.15, -0.1) is 0 Å². The predicted octanol–water partition coefficient (Wildman–Crippen LogP) is 3.99. The molecule has 5 nitrogen and oxygen atoms in total. The summed E-state index contributed by atoms with van der Waals surface area (Å²) in [5.74, 6) is -3.78. The zero-order valence-electron chi connectivity index (χ0n) is 15.1. The number of amides is 1. The van der Waals surface area contributed by atoms with Crippen molar-refractivity contribution in [3.8, 4) is 0 Å². The maximum atomic E-state index is 13.6. The van der Waals surface area contributed by atoms with E-state index in [1.165, 1.54) is 19.1 Å². The van der Waals surface area contributed by atoms with E-state index in [1.807, 2.05) is 0 Å². The van der Waals surface area contributed by atoms with Crippen molar-refractivity contribution in [3.63, 3.8) is 0 Å². The molecule has 0 spiro atoms. The van der Waals surface area contributed by atoms with E-state index in [2.05, 4.69) is 5.32 Å². The number of rotatable bonds is 6. The first kappa shape index (κ1) is 20.2. The van der Waals surface area contributed by atoms with Gasteiger partial charge >= 0.3 is 5.97 Å². The average molecular weight is 375 g/mol. The summed E-state index contributed by atoms with van der Waals surface area (Å²) < 4.78 is 31.5. The topological polar surface area (TPSA) is 72.5 Å². The molecule has 0 saturated carbocycles. The van der Waals surface area contributed by atoms with Crippen LogP contribution in [0.5, 0.6) is 0 Å². The summed E-state index contributed by atoms with van der Waals surface area (Å²) in [4.78, 5) is 36.0. The third-order valence-corrected chi connectivity index (χ3v) is 3.77. The lowest BCUT2D eigenvalue weighted by Gasteiger charge is -2.13. The molecule has 0 heterocycles.